The molecule has 0 fully saturated rings. The molecule has 1 amide bonds. The number of rotatable bonds is 4. The lowest BCUT2D eigenvalue weighted by molar-refractivity contribution is -0.119. The van der Waals surface area contributed by atoms with Crippen LogP contribution in [-0.4, -0.2) is 28.6 Å². The summed E-state index contributed by atoms with van der Waals surface area (Å²) in [5.41, 5.74) is 0. The SMILES string of the molecule is CC(C)NC(=O)CNc1nccc2ccc(O)cc12. The molecule has 0 aliphatic carbocycles. The van der Waals surface area contributed by atoms with Crippen LogP contribution in [-0.2, 0) is 4.79 Å². The Morgan fingerprint density at radius 3 is 2.89 bits per heavy atom. The lowest BCUT2D eigenvalue weighted by atomic mass is 10.1. The molecule has 5 heteroatoms. The normalized spacial score (nSPS) is 10.7. The van der Waals surface area contributed by atoms with Gasteiger partial charge in [0.05, 0.1) is 6.54 Å². The number of aromatic nitrogens is 1. The molecule has 0 unspecified atom stereocenters. The Balaban J connectivity index is 2.16. The molecule has 1 aromatic carbocycles. The maximum absolute atomic E-state index is 11.6. The third kappa shape index (κ3) is 3.34. The number of phenolic OH excluding ortho intramolecular Hbond substituents is 1. The van der Waals surface area contributed by atoms with E-state index in [1.165, 1.54) is 0 Å². The Kier molecular flexibility index (Phi) is 3.85. The average molecular weight is 259 g/mol. The van der Waals surface area contributed by atoms with Crippen LogP contribution in [0.5, 0.6) is 5.75 Å². The van der Waals surface area contributed by atoms with Crippen molar-refractivity contribution in [1.29, 1.82) is 0 Å². The molecule has 0 radical (unpaired) electrons. The summed E-state index contributed by atoms with van der Waals surface area (Å²) in [6.07, 6.45) is 1.67. The van der Waals surface area contributed by atoms with E-state index >= 15 is 0 Å². The minimum Gasteiger partial charge on any atom is -0.508 e. The van der Waals surface area contributed by atoms with E-state index in [0.717, 1.165) is 10.8 Å². The van der Waals surface area contributed by atoms with Crippen LogP contribution in [0.3, 0.4) is 0 Å². The summed E-state index contributed by atoms with van der Waals surface area (Å²) < 4.78 is 0. The van der Waals surface area contributed by atoms with Crippen LogP contribution in [0.15, 0.2) is 30.5 Å². The molecule has 100 valence electrons. The van der Waals surface area contributed by atoms with E-state index in [9.17, 15) is 9.90 Å². The van der Waals surface area contributed by atoms with Crippen LogP contribution in [0.4, 0.5) is 5.82 Å². The Bertz CT molecular complexity index is 596. The number of hydrogen-bond donors (Lipinski definition) is 3. The van der Waals surface area contributed by atoms with Crippen molar-refractivity contribution in [3.05, 3.63) is 30.5 Å². The van der Waals surface area contributed by atoms with Crippen LogP contribution in [0.2, 0.25) is 0 Å². The highest BCUT2D eigenvalue weighted by Crippen LogP contribution is 2.24. The predicted molar refractivity (Wildman–Crippen MR) is 75.2 cm³/mol. The van der Waals surface area contributed by atoms with Gasteiger partial charge in [0.1, 0.15) is 11.6 Å². The molecular weight excluding hydrogens is 242 g/mol. The van der Waals surface area contributed by atoms with Crippen molar-refractivity contribution in [3.63, 3.8) is 0 Å². The molecule has 0 atom stereocenters. The average Bonchev–Trinajstić information content (AvgIpc) is 2.35. The number of carbonyl (C=O) groups excluding carboxylic acids is 1. The monoisotopic (exact) mass is 259 g/mol. The highest BCUT2D eigenvalue weighted by atomic mass is 16.3. The van der Waals surface area contributed by atoms with Crippen molar-refractivity contribution in [2.45, 2.75) is 19.9 Å². The summed E-state index contributed by atoms with van der Waals surface area (Å²) in [5, 5.41) is 17.0. The van der Waals surface area contributed by atoms with E-state index in [4.69, 9.17) is 0 Å². The molecule has 0 saturated heterocycles. The molecule has 2 rings (SSSR count). The van der Waals surface area contributed by atoms with Gasteiger partial charge in [0, 0.05) is 17.6 Å². The fourth-order valence-corrected chi connectivity index (χ4v) is 1.83. The molecule has 2 aromatic rings. The van der Waals surface area contributed by atoms with Crippen molar-refractivity contribution >= 4 is 22.5 Å². The number of aromatic hydroxyl groups is 1. The van der Waals surface area contributed by atoms with E-state index in [-0.39, 0.29) is 24.2 Å². The number of hydrogen-bond acceptors (Lipinski definition) is 4. The minimum absolute atomic E-state index is 0.0889. The first-order valence-electron chi connectivity index (χ1n) is 6.17. The minimum atomic E-state index is -0.0889. The maximum atomic E-state index is 11.6. The van der Waals surface area contributed by atoms with Gasteiger partial charge in [-0.25, -0.2) is 4.98 Å². The lowest BCUT2D eigenvalue weighted by Crippen LogP contribution is -2.34. The van der Waals surface area contributed by atoms with Crippen LogP contribution in [0.1, 0.15) is 13.8 Å². The number of pyridine rings is 1. The number of fused-ring (bicyclic) bond motifs is 1. The van der Waals surface area contributed by atoms with E-state index in [2.05, 4.69) is 15.6 Å². The summed E-state index contributed by atoms with van der Waals surface area (Å²) >= 11 is 0. The van der Waals surface area contributed by atoms with E-state index in [1.807, 2.05) is 26.0 Å². The number of nitrogens with zero attached hydrogens (tertiary/aromatic N) is 1. The van der Waals surface area contributed by atoms with Crippen LogP contribution >= 0.6 is 0 Å². The zero-order valence-electron chi connectivity index (χ0n) is 11.0. The second-order valence-electron chi connectivity index (χ2n) is 4.64. The van der Waals surface area contributed by atoms with Crippen molar-refractivity contribution in [3.8, 4) is 5.75 Å². The molecule has 1 aromatic heterocycles. The Labute approximate surface area is 111 Å². The summed E-state index contributed by atoms with van der Waals surface area (Å²) in [7, 11) is 0. The Morgan fingerprint density at radius 2 is 2.16 bits per heavy atom. The second kappa shape index (κ2) is 5.56. The van der Waals surface area contributed by atoms with Gasteiger partial charge in [0.15, 0.2) is 0 Å². The molecule has 19 heavy (non-hydrogen) atoms. The highest BCUT2D eigenvalue weighted by molar-refractivity contribution is 5.94. The van der Waals surface area contributed by atoms with Gasteiger partial charge in [-0.2, -0.15) is 0 Å². The quantitative estimate of drug-likeness (QED) is 0.783. The van der Waals surface area contributed by atoms with Gasteiger partial charge in [-0.3, -0.25) is 4.79 Å². The first kappa shape index (κ1) is 13.1. The third-order valence-corrected chi connectivity index (χ3v) is 2.62. The summed E-state index contributed by atoms with van der Waals surface area (Å²) in [6.45, 7) is 3.97. The van der Waals surface area contributed by atoms with Gasteiger partial charge in [0.25, 0.3) is 0 Å². The predicted octanol–water partition coefficient (Wildman–Crippen LogP) is 1.88. The molecule has 0 aliphatic rings. The van der Waals surface area contributed by atoms with Crippen LogP contribution in [0, 0.1) is 0 Å². The van der Waals surface area contributed by atoms with Crippen molar-refractivity contribution in [1.82, 2.24) is 10.3 Å². The van der Waals surface area contributed by atoms with Crippen molar-refractivity contribution in [2.75, 3.05) is 11.9 Å². The third-order valence-electron chi connectivity index (χ3n) is 2.62. The molecule has 0 aliphatic heterocycles. The fourth-order valence-electron chi connectivity index (χ4n) is 1.83. The van der Waals surface area contributed by atoms with E-state index < -0.39 is 0 Å². The largest absolute Gasteiger partial charge is 0.508 e. The summed E-state index contributed by atoms with van der Waals surface area (Å²) in [6, 6.07) is 7.03. The smallest absolute Gasteiger partial charge is 0.239 e. The van der Waals surface area contributed by atoms with E-state index in [1.54, 1.807) is 18.3 Å². The second-order valence-corrected chi connectivity index (χ2v) is 4.64. The number of amides is 1. The molecule has 1 heterocycles. The van der Waals surface area contributed by atoms with Gasteiger partial charge >= 0.3 is 0 Å². The first-order chi connectivity index (χ1) is 9.06. The van der Waals surface area contributed by atoms with Gasteiger partial charge < -0.3 is 15.7 Å². The van der Waals surface area contributed by atoms with E-state index in [0.29, 0.717) is 5.82 Å². The molecule has 0 saturated carbocycles. The number of carbonyl (C=O) groups is 1. The van der Waals surface area contributed by atoms with Crippen LogP contribution in [0.25, 0.3) is 10.8 Å². The number of anilines is 1. The topological polar surface area (TPSA) is 74.2 Å². The standard InChI is InChI=1S/C14H17N3O2/c1-9(2)17-13(19)8-16-14-12-7-11(18)4-3-10(12)5-6-15-14/h3-7,9,18H,8H2,1-2H3,(H,15,16)(H,17,19). The zero-order chi connectivity index (χ0) is 13.8. The summed E-state index contributed by atoms with van der Waals surface area (Å²) in [4.78, 5) is 15.8. The molecule has 0 bridgehead atoms. The van der Waals surface area contributed by atoms with Gasteiger partial charge in [-0.1, -0.05) is 6.07 Å². The van der Waals surface area contributed by atoms with Crippen molar-refractivity contribution < 1.29 is 9.90 Å². The van der Waals surface area contributed by atoms with Crippen molar-refractivity contribution in [2.24, 2.45) is 0 Å². The highest BCUT2D eigenvalue weighted by Gasteiger charge is 2.06. The first-order valence-corrected chi connectivity index (χ1v) is 6.17. The molecule has 5 nitrogen and oxygen atoms in total. The van der Waals surface area contributed by atoms with Crippen LogP contribution < -0.4 is 10.6 Å². The molecular formula is C14H17N3O2. The molecule has 0 spiro atoms. The zero-order valence-corrected chi connectivity index (χ0v) is 11.0. The number of nitrogens with one attached hydrogen (secondary N) is 2. The Morgan fingerprint density at radius 1 is 1.37 bits per heavy atom. The molecule has 3 N–H and O–H groups in total. The van der Waals surface area contributed by atoms with Gasteiger partial charge in [-0.05, 0) is 37.4 Å². The van der Waals surface area contributed by atoms with Gasteiger partial charge in [0.2, 0.25) is 5.91 Å². The number of benzene rings is 1. The van der Waals surface area contributed by atoms with Gasteiger partial charge in [-0.15, -0.1) is 0 Å². The fraction of sp³-hybridized carbons (Fsp3) is 0.286. The number of phenols is 1. The summed E-state index contributed by atoms with van der Waals surface area (Å²) in [5.74, 6) is 0.677. The Hall–Kier alpha value is -2.30. The maximum Gasteiger partial charge on any atom is 0.239 e. The lowest BCUT2D eigenvalue weighted by Gasteiger charge is -2.11.